The topological polar surface area (TPSA) is 52.9 Å². The molecule has 0 aliphatic heterocycles. The molecule has 1 heterocycles. The van der Waals surface area contributed by atoms with E-state index in [1.54, 1.807) is 17.4 Å². The Balaban J connectivity index is 1.76. The molecule has 0 atom stereocenters. The Hall–Kier alpha value is -1.90. The first-order valence-corrected chi connectivity index (χ1v) is 9.57. The number of fused-ring (bicyclic) bond motifs is 1. The number of rotatable bonds is 3. The molecule has 0 spiro atoms. The molecule has 0 fully saturated rings. The lowest BCUT2D eigenvalue weighted by Gasteiger charge is -2.01. The molecule has 2 aromatic rings. The Labute approximate surface area is 154 Å². The van der Waals surface area contributed by atoms with Crippen LogP contribution in [0.3, 0.4) is 0 Å². The number of benzene rings is 1. The van der Waals surface area contributed by atoms with Crippen LogP contribution in [0.15, 0.2) is 34.8 Å². The number of amides is 1. The van der Waals surface area contributed by atoms with Crippen molar-refractivity contribution >= 4 is 44.3 Å². The normalized spacial score (nSPS) is 14.0. The van der Waals surface area contributed by atoms with Crippen molar-refractivity contribution < 1.29 is 4.79 Å². The number of hydrogen-bond acceptors (Lipinski definition) is 3. The number of nitrogens with one attached hydrogen (secondary N) is 1. The van der Waals surface area contributed by atoms with Crippen LogP contribution in [-0.4, -0.2) is 5.91 Å². The monoisotopic (exact) mass is 400 g/mol. The maximum atomic E-state index is 12.2. The van der Waals surface area contributed by atoms with E-state index >= 15 is 0 Å². The van der Waals surface area contributed by atoms with Gasteiger partial charge in [-0.05, 0) is 55.0 Å². The summed E-state index contributed by atoms with van der Waals surface area (Å²) in [5.41, 5.74) is 2.74. The van der Waals surface area contributed by atoms with Crippen LogP contribution in [0.25, 0.3) is 6.08 Å². The Morgan fingerprint density at radius 1 is 1.29 bits per heavy atom. The van der Waals surface area contributed by atoms with Crippen molar-refractivity contribution in [2.45, 2.75) is 32.1 Å². The van der Waals surface area contributed by atoms with Gasteiger partial charge in [-0.25, -0.2) is 0 Å². The zero-order chi connectivity index (χ0) is 16.9. The number of carbonyl (C=O) groups is 1. The molecule has 3 rings (SSSR count). The van der Waals surface area contributed by atoms with Crippen molar-refractivity contribution in [1.29, 1.82) is 5.26 Å². The maximum Gasteiger partial charge on any atom is 0.249 e. The molecule has 1 aromatic carbocycles. The lowest BCUT2D eigenvalue weighted by Crippen LogP contribution is -2.07. The highest BCUT2D eigenvalue weighted by molar-refractivity contribution is 9.10. The van der Waals surface area contributed by atoms with E-state index in [0.717, 1.165) is 41.3 Å². The van der Waals surface area contributed by atoms with E-state index in [9.17, 15) is 10.1 Å². The summed E-state index contributed by atoms with van der Waals surface area (Å²) in [5, 5.41) is 13.1. The third-order valence-electron chi connectivity index (χ3n) is 4.05. The van der Waals surface area contributed by atoms with Crippen LogP contribution in [0.1, 0.15) is 40.8 Å². The molecule has 122 valence electrons. The van der Waals surface area contributed by atoms with Crippen molar-refractivity contribution in [1.82, 2.24) is 0 Å². The molecular formula is C19H17BrN2OS. The highest BCUT2D eigenvalue weighted by Crippen LogP contribution is 2.36. The molecule has 24 heavy (non-hydrogen) atoms. The predicted molar refractivity (Wildman–Crippen MR) is 102 cm³/mol. The lowest BCUT2D eigenvalue weighted by atomic mass is 10.1. The number of nitriles is 1. The van der Waals surface area contributed by atoms with Gasteiger partial charge in [-0.1, -0.05) is 34.5 Å². The molecule has 3 nitrogen and oxygen atoms in total. The van der Waals surface area contributed by atoms with Crippen LogP contribution >= 0.6 is 27.3 Å². The van der Waals surface area contributed by atoms with Crippen molar-refractivity contribution in [2.24, 2.45) is 0 Å². The van der Waals surface area contributed by atoms with Crippen molar-refractivity contribution in [3.63, 3.8) is 0 Å². The van der Waals surface area contributed by atoms with Gasteiger partial charge in [-0.2, -0.15) is 5.26 Å². The summed E-state index contributed by atoms with van der Waals surface area (Å²) in [7, 11) is 0. The Kier molecular flexibility index (Phi) is 5.49. The van der Waals surface area contributed by atoms with Gasteiger partial charge in [0, 0.05) is 15.4 Å². The second kappa shape index (κ2) is 7.78. The Bertz CT molecular complexity index is 832. The summed E-state index contributed by atoms with van der Waals surface area (Å²) in [5.74, 6) is -0.206. The predicted octanol–water partition coefficient (Wildman–Crippen LogP) is 5.30. The molecule has 1 N–H and O–H groups in total. The number of aryl methyl sites for hydroxylation is 1. The minimum Gasteiger partial charge on any atom is -0.313 e. The number of carbonyl (C=O) groups excluding carboxylic acids is 1. The number of hydrogen-bond donors (Lipinski definition) is 1. The number of nitrogens with zero attached hydrogens (tertiary/aromatic N) is 1. The lowest BCUT2D eigenvalue weighted by molar-refractivity contribution is -0.111. The highest BCUT2D eigenvalue weighted by Gasteiger charge is 2.20. The van der Waals surface area contributed by atoms with Gasteiger partial charge in [-0.15, -0.1) is 11.3 Å². The SMILES string of the molecule is N#Cc1c(NC(=O)/C=C/c2cccc(Br)c2)sc2c1CCCCC2. The van der Waals surface area contributed by atoms with E-state index in [-0.39, 0.29) is 5.91 Å². The molecule has 5 heteroatoms. The van der Waals surface area contributed by atoms with Crippen LogP contribution in [-0.2, 0) is 17.6 Å². The molecule has 1 aromatic heterocycles. The molecule has 0 radical (unpaired) electrons. The molecular weight excluding hydrogens is 384 g/mol. The first-order valence-electron chi connectivity index (χ1n) is 7.96. The number of thiophene rings is 1. The number of halogens is 1. The molecule has 1 aliphatic rings. The molecule has 0 bridgehead atoms. The number of anilines is 1. The molecule has 0 unspecified atom stereocenters. The van der Waals surface area contributed by atoms with Crippen molar-refractivity contribution in [2.75, 3.05) is 5.32 Å². The van der Waals surface area contributed by atoms with E-state index in [1.807, 2.05) is 24.3 Å². The summed E-state index contributed by atoms with van der Waals surface area (Å²) >= 11 is 4.97. The summed E-state index contributed by atoms with van der Waals surface area (Å²) in [6.45, 7) is 0. The van der Waals surface area contributed by atoms with Crippen molar-refractivity contribution in [3.05, 3.63) is 56.4 Å². The zero-order valence-electron chi connectivity index (χ0n) is 13.1. The van der Waals surface area contributed by atoms with E-state index in [4.69, 9.17) is 0 Å². The van der Waals surface area contributed by atoms with Gasteiger partial charge in [0.1, 0.15) is 11.1 Å². The standard InChI is InChI=1S/C19H17BrN2OS/c20-14-6-4-5-13(11-14)9-10-18(23)22-19-16(12-21)15-7-2-1-3-8-17(15)24-19/h4-6,9-11H,1-3,7-8H2,(H,22,23)/b10-9+. The van der Waals surface area contributed by atoms with Gasteiger partial charge in [0.15, 0.2) is 0 Å². The smallest absolute Gasteiger partial charge is 0.249 e. The summed E-state index contributed by atoms with van der Waals surface area (Å²) in [6.07, 6.45) is 8.72. The van der Waals surface area contributed by atoms with Gasteiger partial charge in [0.2, 0.25) is 5.91 Å². The van der Waals surface area contributed by atoms with Gasteiger partial charge in [0.05, 0.1) is 5.56 Å². The fourth-order valence-corrected chi connectivity index (χ4v) is 4.54. The second-order valence-corrected chi connectivity index (χ2v) is 7.78. The quantitative estimate of drug-likeness (QED) is 0.560. The van der Waals surface area contributed by atoms with Gasteiger partial charge >= 0.3 is 0 Å². The highest BCUT2D eigenvalue weighted by atomic mass is 79.9. The molecule has 1 aliphatic carbocycles. The summed E-state index contributed by atoms with van der Waals surface area (Å²) in [4.78, 5) is 13.5. The third kappa shape index (κ3) is 3.95. The minimum atomic E-state index is -0.206. The third-order valence-corrected chi connectivity index (χ3v) is 5.75. The van der Waals surface area contributed by atoms with Crippen LogP contribution in [0, 0.1) is 11.3 Å². The minimum absolute atomic E-state index is 0.206. The van der Waals surface area contributed by atoms with Gasteiger partial charge < -0.3 is 5.32 Å². The van der Waals surface area contributed by atoms with Crippen molar-refractivity contribution in [3.8, 4) is 6.07 Å². The first kappa shape index (κ1) is 16.9. The fraction of sp³-hybridized carbons (Fsp3) is 0.263. The maximum absolute atomic E-state index is 12.2. The average molecular weight is 401 g/mol. The summed E-state index contributed by atoms with van der Waals surface area (Å²) in [6, 6.07) is 10.0. The van der Waals surface area contributed by atoms with Gasteiger partial charge in [0.25, 0.3) is 0 Å². The Morgan fingerprint density at radius 3 is 2.92 bits per heavy atom. The average Bonchev–Trinajstić information content (AvgIpc) is 2.73. The van der Waals surface area contributed by atoms with Crippen LogP contribution < -0.4 is 5.32 Å². The van der Waals surface area contributed by atoms with E-state index in [2.05, 4.69) is 27.3 Å². The molecule has 0 saturated heterocycles. The van der Waals surface area contributed by atoms with E-state index in [0.29, 0.717) is 10.6 Å². The fourth-order valence-electron chi connectivity index (χ4n) is 2.88. The molecule has 1 amide bonds. The zero-order valence-corrected chi connectivity index (χ0v) is 15.5. The molecule has 0 saturated carbocycles. The van der Waals surface area contributed by atoms with E-state index < -0.39 is 0 Å². The van der Waals surface area contributed by atoms with Crippen LogP contribution in [0.2, 0.25) is 0 Å². The van der Waals surface area contributed by atoms with E-state index in [1.165, 1.54) is 17.4 Å². The van der Waals surface area contributed by atoms with Crippen LogP contribution in [0.4, 0.5) is 5.00 Å². The second-order valence-electron chi connectivity index (χ2n) is 5.76. The Morgan fingerprint density at radius 2 is 2.12 bits per heavy atom. The summed E-state index contributed by atoms with van der Waals surface area (Å²) < 4.78 is 0.971. The van der Waals surface area contributed by atoms with Gasteiger partial charge in [-0.3, -0.25) is 4.79 Å². The largest absolute Gasteiger partial charge is 0.313 e. The van der Waals surface area contributed by atoms with Crippen LogP contribution in [0.5, 0.6) is 0 Å². The first-order chi connectivity index (χ1) is 11.7.